The van der Waals surface area contributed by atoms with Crippen molar-refractivity contribution in [3.05, 3.63) is 27.1 Å². The molecule has 1 aromatic carbocycles. The van der Waals surface area contributed by atoms with E-state index in [1.807, 2.05) is 18.2 Å². The number of carboxylic acids is 1. The van der Waals surface area contributed by atoms with Gasteiger partial charge in [0.2, 0.25) is 0 Å². The van der Waals surface area contributed by atoms with Crippen molar-refractivity contribution in [2.45, 2.75) is 19.4 Å². The van der Waals surface area contributed by atoms with E-state index in [-0.39, 0.29) is 12.1 Å². The molecule has 1 aliphatic rings. The number of urea groups is 1. The minimum Gasteiger partial charge on any atom is -0.481 e. The molecule has 1 saturated heterocycles. The number of carboxylic acid groups (broad SMARTS) is 1. The number of hydrogen-bond donors (Lipinski definition) is 2. The van der Waals surface area contributed by atoms with Crippen LogP contribution in [0, 0.1) is 5.92 Å². The van der Waals surface area contributed by atoms with Gasteiger partial charge in [-0.1, -0.05) is 6.07 Å². The maximum Gasteiger partial charge on any atom is 0.322 e. The minimum absolute atomic E-state index is 0.283. The van der Waals surface area contributed by atoms with Crippen LogP contribution in [0.15, 0.2) is 27.1 Å². The fraction of sp³-hybridized carbons (Fsp3) is 0.385. The summed E-state index contributed by atoms with van der Waals surface area (Å²) in [5.74, 6) is -1.35. The van der Waals surface area contributed by atoms with Gasteiger partial charge < -0.3 is 15.3 Å². The molecule has 1 aliphatic heterocycles. The fourth-order valence-electron chi connectivity index (χ4n) is 2.35. The lowest BCUT2D eigenvalue weighted by atomic mass is 10.0. The van der Waals surface area contributed by atoms with Crippen LogP contribution in [0.1, 0.15) is 13.3 Å². The highest BCUT2D eigenvalue weighted by atomic mass is 79.9. The molecule has 2 N–H and O–H groups in total. The standard InChI is InChI=1S/C13H14Br2N2O3/c1-7-8(12(18)19)5-6-17(7)13(20)16-11-9(14)3-2-4-10(11)15/h2-4,7-8H,5-6H2,1H3,(H,16,20)(H,18,19). The molecule has 0 saturated carbocycles. The van der Waals surface area contributed by atoms with Crippen molar-refractivity contribution in [1.29, 1.82) is 0 Å². The number of benzene rings is 1. The Morgan fingerprint density at radius 1 is 1.35 bits per heavy atom. The van der Waals surface area contributed by atoms with Crippen LogP contribution in [0.25, 0.3) is 0 Å². The Balaban J connectivity index is 2.12. The number of rotatable bonds is 2. The summed E-state index contributed by atoms with van der Waals surface area (Å²) >= 11 is 6.75. The van der Waals surface area contributed by atoms with Crippen molar-refractivity contribution in [2.24, 2.45) is 5.92 Å². The summed E-state index contributed by atoms with van der Waals surface area (Å²) in [7, 11) is 0. The number of nitrogens with one attached hydrogen (secondary N) is 1. The zero-order valence-electron chi connectivity index (χ0n) is 10.8. The third-order valence-electron chi connectivity index (χ3n) is 3.53. The van der Waals surface area contributed by atoms with Gasteiger partial charge in [-0.05, 0) is 57.3 Å². The Kier molecular flexibility index (Phi) is 4.70. The van der Waals surface area contributed by atoms with Gasteiger partial charge in [-0.25, -0.2) is 4.79 Å². The van der Waals surface area contributed by atoms with Crippen LogP contribution in [0.5, 0.6) is 0 Å². The minimum atomic E-state index is -0.852. The summed E-state index contributed by atoms with van der Waals surface area (Å²) in [5, 5.41) is 11.9. The van der Waals surface area contributed by atoms with Gasteiger partial charge in [0.05, 0.1) is 11.6 Å². The summed E-state index contributed by atoms with van der Waals surface area (Å²) in [4.78, 5) is 24.9. The summed E-state index contributed by atoms with van der Waals surface area (Å²) in [5.41, 5.74) is 0.642. The first kappa shape index (κ1) is 15.3. The van der Waals surface area contributed by atoms with E-state index < -0.39 is 11.9 Å². The number of carbonyl (C=O) groups is 2. The first-order valence-corrected chi connectivity index (χ1v) is 7.75. The van der Waals surface area contributed by atoms with Gasteiger partial charge in [0.15, 0.2) is 0 Å². The molecule has 0 bridgehead atoms. The SMILES string of the molecule is CC1C(C(=O)O)CCN1C(=O)Nc1c(Br)cccc1Br. The highest BCUT2D eigenvalue weighted by Gasteiger charge is 2.38. The van der Waals surface area contributed by atoms with E-state index in [0.717, 1.165) is 8.95 Å². The van der Waals surface area contributed by atoms with Gasteiger partial charge in [-0.3, -0.25) is 4.79 Å². The second kappa shape index (κ2) is 6.13. The number of halogens is 2. The van der Waals surface area contributed by atoms with Crippen LogP contribution >= 0.6 is 31.9 Å². The quantitative estimate of drug-likeness (QED) is 0.790. The topological polar surface area (TPSA) is 69.6 Å². The molecule has 0 spiro atoms. The van der Waals surface area contributed by atoms with Crippen LogP contribution < -0.4 is 5.32 Å². The Morgan fingerprint density at radius 3 is 2.45 bits per heavy atom. The lowest BCUT2D eigenvalue weighted by Crippen LogP contribution is -2.40. The number of amides is 2. The van der Waals surface area contributed by atoms with Crippen LogP contribution in [-0.2, 0) is 4.79 Å². The van der Waals surface area contributed by atoms with Crippen molar-refractivity contribution >= 4 is 49.5 Å². The molecule has 1 aromatic rings. The number of para-hydroxylation sites is 1. The number of anilines is 1. The van der Waals surface area contributed by atoms with Gasteiger partial charge >= 0.3 is 12.0 Å². The average Bonchev–Trinajstić information content (AvgIpc) is 2.76. The monoisotopic (exact) mass is 404 g/mol. The molecule has 2 amide bonds. The molecular weight excluding hydrogens is 392 g/mol. The smallest absolute Gasteiger partial charge is 0.322 e. The zero-order valence-corrected chi connectivity index (χ0v) is 13.9. The molecule has 20 heavy (non-hydrogen) atoms. The van der Waals surface area contributed by atoms with Crippen LogP contribution in [-0.4, -0.2) is 34.6 Å². The van der Waals surface area contributed by atoms with Gasteiger partial charge in [-0.15, -0.1) is 0 Å². The summed E-state index contributed by atoms with van der Waals surface area (Å²) in [6.45, 7) is 2.21. The maximum absolute atomic E-state index is 12.3. The highest BCUT2D eigenvalue weighted by Crippen LogP contribution is 2.32. The van der Waals surface area contributed by atoms with Crippen molar-refractivity contribution in [1.82, 2.24) is 4.90 Å². The highest BCUT2D eigenvalue weighted by molar-refractivity contribution is 9.11. The average molecular weight is 406 g/mol. The lowest BCUT2D eigenvalue weighted by molar-refractivity contribution is -0.142. The van der Waals surface area contributed by atoms with Crippen LogP contribution in [0.4, 0.5) is 10.5 Å². The van der Waals surface area contributed by atoms with E-state index in [1.54, 1.807) is 11.8 Å². The number of likely N-dealkylation sites (tertiary alicyclic amines) is 1. The first-order valence-electron chi connectivity index (χ1n) is 6.16. The second-order valence-corrected chi connectivity index (χ2v) is 6.40. The maximum atomic E-state index is 12.3. The van der Waals surface area contributed by atoms with Gasteiger partial charge in [0.25, 0.3) is 0 Å². The molecule has 0 radical (unpaired) electrons. The van der Waals surface area contributed by atoms with Crippen LogP contribution in [0.2, 0.25) is 0 Å². The van der Waals surface area contributed by atoms with Gasteiger partial charge in [0.1, 0.15) is 0 Å². The predicted octanol–water partition coefficient (Wildman–Crippen LogP) is 3.54. The lowest BCUT2D eigenvalue weighted by Gasteiger charge is -2.24. The number of nitrogens with zero attached hydrogens (tertiary/aromatic N) is 1. The molecule has 0 aromatic heterocycles. The van der Waals surface area contributed by atoms with E-state index >= 15 is 0 Å². The summed E-state index contributed by atoms with van der Waals surface area (Å²) < 4.78 is 1.53. The zero-order chi connectivity index (χ0) is 14.9. The largest absolute Gasteiger partial charge is 0.481 e. The van der Waals surface area contributed by atoms with E-state index in [0.29, 0.717) is 18.7 Å². The van der Waals surface area contributed by atoms with Crippen molar-refractivity contribution in [3.8, 4) is 0 Å². The third-order valence-corrected chi connectivity index (χ3v) is 4.85. The number of aliphatic carboxylic acids is 1. The van der Waals surface area contributed by atoms with Crippen molar-refractivity contribution in [3.63, 3.8) is 0 Å². The normalized spacial score (nSPS) is 21.9. The number of carbonyl (C=O) groups excluding carboxylic acids is 1. The summed E-state index contributed by atoms with van der Waals surface area (Å²) in [6.07, 6.45) is 0.487. The molecule has 5 nitrogen and oxygen atoms in total. The van der Waals surface area contributed by atoms with Crippen LogP contribution in [0.3, 0.4) is 0 Å². The van der Waals surface area contributed by atoms with Gasteiger partial charge in [-0.2, -0.15) is 0 Å². The molecule has 7 heteroatoms. The third kappa shape index (κ3) is 2.98. The Bertz CT molecular complexity index is 530. The molecule has 1 heterocycles. The molecule has 2 unspecified atom stereocenters. The first-order chi connectivity index (χ1) is 9.41. The Labute approximate surface area is 133 Å². The molecule has 108 valence electrons. The molecule has 0 aliphatic carbocycles. The fourth-order valence-corrected chi connectivity index (χ4v) is 3.55. The molecule has 2 atom stereocenters. The Hall–Kier alpha value is -1.08. The van der Waals surface area contributed by atoms with E-state index in [9.17, 15) is 9.59 Å². The number of hydrogen-bond acceptors (Lipinski definition) is 2. The second-order valence-electron chi connectivity index (χ2n) is 4.69. The van der Waals surface area contributed by atoms with E-state index in [1.165, 1.54) is 0 Å². The predicted molar refractivity (Wildman–Crippen MR) is 82.8 cm³/mol. The van der Waals surface area contributed by atoms with E-state index in [2.05, 4.69) is 37.2 Å². The molecular formula is C13H14Br2N2O3. The van der Waals surface area contributed by atoms with Gasteiger partial charge in [0, 0.05) is 21.5 Å². The van der Waals surface area contributed by atoms with E-state index in [4.69, 9.17) is 5.11 Å². The molecule has 2 rings (SSSR count). The van der Waals surface area contributed by atoms with Crippen molar-refractivity contribution < 1.29 is 14.7 Å². The Morgan fingerprint density at radius 2 is 1.95 bits per heavy atom. The summed E-state index contributed by atoms with van der Waals surface area (Å²) in [6, 6.07) is 4.91. The van der Waals surface area contributed by atoms with Crippen molar-refractivity contribution in [2.75, 3.05) is 11.9 Å². The molecule has 1 fully saturated rings.